The van der Waals surface area contributed by atoms with Crippen LogP contribution in [0.3, 0.4) is 0 Å². The molecule has 0 radical (unpaired) electrons. The highest BCUT2D eigenvalue weighted by atomic mass is 16.5. The number of Topliss-reactive ketones (excluding diaryl/α,β-unsaturated/α-hetero) is 1. The maximum atomic E-state index is 12.5. The van der Waals surface area contributed by atoms with Gasteiger partial charge in [-0.3, -0.25) is 4.79 Å². The van der Waals surface area contributed by atoms with E-state index in [9.17, 15) is 4.79 Å². The predicted molar refractivity (Wildman–Crippen MR) is 77.2 cm³/mol. The molecule has 2 fully saturated rings. The van der Waals surface area contributed by atoms with Gasteiger partial charge in [0.1, 0.15) is 5.60 Å². The zero-order valence-electron chi connectivity index (χ0n) is 13.2. The first-order valence-electron chi connectivity index (χ1n) is 7.65. The first-order valence-corrected chi connectivity index (χ1v) is 7.65. The van der Waals surface area contributed by atoms with Crippen molar-refractivity contribution in [2.45, 2.75) is 64.6 Å². The van der Waals surface area contributed by atoms with Crippen LogP contribution in [-0.2, 0) is 9.53 Å². The van der Waals surface area contributed by atoms with Gasteiger partial charge in [-0.1, -0.05) is 12.8 Å². The highest BCUT2D eigenvalue weighted by molar-refractivity contribution is 5.91. The Morgan fingerprint density at radius 2 is 1.74 bits per heavy atom. The van der Waals surface area contributed by atoms with Crippen molar-refractivity contribution in [3.8, 4) is 0 Å². The Morgan fingerprint density at radius 3 is 2.21 bits per heavy atom. The summed E-state index contributed by atoms with van der Waals surface area (Å²) in [6.45, 7) is 9.84. The van der Waals surface area contributed by atoms with Crippen molar-refractivity contribution in [1.29, 1.82) is 0 Å². The number of rotatable bonds is 4. The average Bonchev–Trinajstić information content (AvgIpc) is 2.80. The van der Waals surface area contributed by atoms with E-state index in [0.29, 0.717) is 0 Å². The van der Waals surface area contributed by atoms with E-state index in [1.54, 1.807) is 0 Å². The summed E-state index contributed by atoms with van der Waals surface area (Å²) in [6, 6.07) is 0. The molecule has 0 N–H and O–H groups in total. The SMILES string of the molecule is CN(CC1CCCC1)CC1C(=O)C(C)(C)OC1(C)C. The highest BCUT2D eigenvalue weighted by Crippen LogP contribution is 2.39. The largest absolute Gasteiger partial charge is 0.361 e. The third kappa shape index (κ3) is 3.19. The van der Waals surface area contributed by atoms with Crippen molar-refractivity contribution >= 4 is 5.78 Å². The van der Waals surface area contributed by atoms with Gasteiger partial charge in [0.2, 0.25) is 0 Å². The summed E-state index contributed by atoms with van der Waals surface area (Å²) in [5.74, 6) is 1.09. The van der Waals surface area contributed by atoms with Crippen LogP contribution in [0.5, 0.6) is 0 Å². The van der Waals surface area contributed by atoms with Crippen LogP contribution in [0.25, 0.3) is 0 Å². The number of carbonyl (C=O) groups is 1. The summed E-state index contributed by atoms with van der Waals surface area (Å²) in [4.78, 5) is 14.8. The molecule has 1 saturated carbocycles. The predicted octanol–water partition coefficient (Wildman–Crippen LogP) is 2.88. The number of nitrogens with zero attached hydrogens (tertiary/aromatic N) is 1. The van der Waals surface area contributed by atoms with Gasteiger partial charge >= 0.3 is 0 Å². The van der Waals surface area contributed by atoms with E-state index in [0.717, 1.165) is 19.0 Å². The molecule has 2 rings (SSSR count). The van der Waals surface area contributed by atoms with Gasteiger partial charge in [0.05, 0.1) is 11.5 Å². The van der Waals surface area contributed by atoms with E-state index in [2.05, 4.69) is 11.9 Å². The number of ketones is 1. The number of carbonyl (C=O) groups excluding carboxylic acids is 1. The lowest BCUT2D eigenvalue weighted by Gasteiger charge is -2.30. The van der Waals surface area contributed by atoms with Gasteiger partial charge in [0.25, 0.3) is 0 Å². The smallest absolute Gasteiger partial charge is 0.171 e. The lowest BCUT2D eigenvalue weighted by molar-refractivity contribution is -0.132. The maximum absolute atomic E-state index is 12.5. The first kappa shape index (κ1) is 15.0. The van der Waals surface area contributed by atoms with E-state index in [1.807, 2.05) is 27.7 Å². The van der Waals surface area contributed by atoms with Crippen LogP contribution in [-0.4, -0.2) is 42.0 Å². The zero-order valence-corrected chi connectivity index (χ0v) is 13.2. The fourth-order valence-corrected chi connectivity index (χ4v) is 3.84. The Labute approximate surface area is 117 Å². The number of hydrogen-bond acceptors (Lipinski definition) is 3. The third-order valence-corrected chi connectivity index (χ3v) is 4.81. The van der Waals surface area contributed by atoms with Gasteiger partial charge in [0.15, 0.2) is 5.78 Å². The molecule has 1 aliphatic heterocycles. The van der Waals surface area contributed by atoms with Crippen molar-refractivity contribution < 1.29 is 9.53 Å². The van der Waals surface area contributed by atoms with Crippen molar-refractivity contribution in [1.82, 2.24) is 4.90 Å². The Bertz CT molecular complexity index is 343. The van der Waals surface area contributed by atoms with Crippen LogP contribution >= 0.6 is 0 Å². The quantitative estimate of drug-likeness (QED) is 0.784. The van der Waals surface area contributed by atoms with E-state index < -0.39 is 5.60 Å². The van der Waals surface area contributed by atoms with Crippen LogP contribution in [0, 0.1) is 11.8 Å². The van der Waals surface area contributed by atoms with Crippen LogP contribution < -0.4 is 0 Å². The van der Waals surface area contributed by atoms with Crippen molar-refractivity contribution in [3.63, 3.8) is 0 Å². The van der Waals surface area contributed by atoms with E-state index in [1.165, 1.54) is 25.7 Å². The average molecular weight is 267 g/mol. The molecule has 1 atom stereocenters. The molecule has 1 unspecified atom stereocenters. The topological polar surface area (TPSA) is 29.5 Å². The lowest BCUT2D eigenvalue weighted by Crippen LogP contribution is -2.41. The third-order valence-electron chi connectivity index (χ3n) is 4.81. The van der Waals surface area contributed by atoms with Crippen LogP contribution in [0.1, 0.15) is 53.4 Å². The molecule has 0 aromatic rings. The Hall–Kier alpha value is -0.410. The fourth-order valence-electron chi connectivity index (χ4n) is 3.84. The van der Waals surface area contributed by atoms with Gasteiger partial charge in [0, 0.05) is 13.1 Å². The van der Waals surface area contributed by atoms with Crippen molar-refractivity contribution in [2.75, 3.05) is 20.1 Å². The number of ether oxygens (including phenoxy) is 1. The monoisotopic (exact) mass is 267 g/mol. The van der Waals surface area contributed by atoms with E-state index in [4.69, 9.17) is 4.74 Å². The van der Waals surface area contributed by atoms with E-state index >= 15 is 0 Å². The lowest BCUT2D eigenvalue weighted by atomic mass is 9.85. The van der Waals surface area contributed by atoms with E-state index in [-0.39, 0.29) is 17.3 Å². The molecule has 2 aliphatic rings. The van der Waals surface area contributed by atoms with Gasteiger partial charge in [-0.05, 0) is 53.5 Å². The zero-order chi connectivity index (χ0) is 14.3. The normalized spacial score (nSPS) is 30.4. The summed E-state index contributed by atoms with van der Waals surface area (Å²) < 4.78 is 5.96. The molecule has 0 bridgehead atoms. The molecular weight excluding hydrogens is 238 g/mol. The fraction of sp³-hybridized carbons (Fsp3) is 0.938. The molecular formula is C16H29NO2. The Balaban J connectivity index is 1.95. The molecule has 110 valence electrons. The molecule has 0 aromatic carbocycles. The molecule has 1 heterocycles. The second-order valence-electron chi connectivity index (χ2n) is 7.50. The summed E-state index contributed by atoms with van der Waals surface area (Å²) in [6.07, 6.45) is 5.47. The molecule has 3 heteroatoms. The minimum absolute atomic E-state index is 0.00565. The summed E-state index contributed by atoms with van der Waals surface area (Å²) in [7, 11) is 2.15. The summed E-state index contributed by atoms with van der Waals surface area (Å²) in [5, 5.41) is 0. The van der Waals surface area contributed by atoms with Crippen molar-refractivity contribution in [2.24, 2.45) is 11.8 Å². The molecule has 1 saturated heterocycles. The van der Waals surface area contributed by atoms with Gasteiger partial charge in [-0.2, -0.15) is 0 Å². The second-order valence-corrected chi connectivity index (χ2v) is 7.50. The molecule has 3 nitrogen and oxygen atoms in total. The van der Waals surface area contributed by atoms with Gasteiger partial charge in [-0.15, -0.1) is 0 Å². The first-order chi connectivity index (χ1) is 8.72. The molecule has 0 amide bonds. The maximum Gasteiger partial charge on any atom is 0.171 e. The minimum Gasteiger partial charge on any atom is -0.361 e. The van der Waals surface area contributed by atoms with Gasteiger partial charge in [-0.25, -0.2) is 0 Å². The van der Waals surface area contributed by atoms with Crippen LogP contribution in [0.2, 0.25) is 0 Å². The summed E-state index contributed by atoms with van der Waals surface area (Å²) >= 11 is 0. The molecule has 19 heavy (non-hydrogen) atoms. The Kier molecular flexibility index (Phi) is 4.08. The Morgan fingerprint density at radius 1 is 1.16 bits per heavy atom. The minimum atomic E-state index is -0.623. The van der Waals surface area contributed by atoms with Gasteiger partial charge < -0.3 is 9.64 Å². The highest BCUT2D eigenvalue weighted by Gasteiger charge is 2.53. The standard InChI is InChI=1S/C16H29NO2/c1-15(2)13(14(18)16(3,4)19-15)11-17(5)10-12-8-6-7-9-12/h12-13H,6-11H2,1-5H3. The van der Waals surface area contributed by atoms with Crippen LogP contribution in [0.15, 0.2) is 0 Å². The molecule has 0 spiro atoms. The second kappa shape index (κ2) is 5.17. The summed E-state index contributed by atoms with van der Waals surface area (Å²) in [5.41, 5.74) is -0.965. The molecule has 0 aromatic heterocycles. The number of hydrogen-bond donors (Lipinski definition) is 0. The van der Waals surface area contributed by atoms with Crippen LogP contribution in [0.4, 0.5) is 0 Å². The van der Waals surface area contributed by atoms with Crippen molar-refractivity contribution in [3.05, 3.63) is 0 Å². The molecule has 1 aliphatic carbocycles.